The van der Waals surface area contributed by atoms with Crippen LogP contribution in [0.15, 0.2) is 42.6 Å². The number of nitrogens with one attached hydrogen (secondary N) is 1. The van der Waals surface area contributed by atoms with Gasteiger partial charge in [-0.25, -0.2) is 0 Å². The van der Waals surface area contributed by atoms with Crippen LogP contribution in [0.1, 0.15) is 18.1 Å². The predicted octanol–water partition coefficient (Wildman–Crippen LogP) is 3.49. The molecule has 1 aliphatic heterocycles. The summed E-state index contributed by atoms with van der Waals surface area (Å²) in [6.07, 6.45) is 0.460. The van der Waals surface area contributed by atoms with Gasteiger partial charge in [-0.15, -0.1) is 0 Å². The van der Waals surface area contributed by atoms with Gasteiger partial charge in [0.15, 0.2) is 0 Å². The molecule has 2 nitrogen and oxygen atoms in total. The third-order valence-electron chi connectivity index (χ3n) is 2.85. The van der Waals surface area contributed by atoms with Crippen LogP contribution in [0, 0.1) is 11.3 Å². The second-order valence-electron chi connectivity index (χ2n) is 4.47. The molecule has 19 heavy (non-hydrogen) atoms. The van der Waals surface area contributed by atoms with E-state index in [1.807, 2.05) is 0 Å². The number of dihydropyridines is 1. The first-order valence-electron chi connectivity index (χ1n) is 5.60. The fraction of sp³-hybridized carbons (Fsp3) is 0.214. The molecule has 5 heteroatoms. The molecule has 0 saturated heterocycles. The van der Waals surface area contributed by atoms with E-state index >= 15 is 0 Å². The zero-order chi connectivity index (χ0) is 14.1. The number of rotatable bonds is 1. The predicted molar refractivity (Wildman–Crippen MR) is 65.7 cm³/mol. The molecule has 1 heterocycles. The summed E-state index contributed by atoms with van der Waals surface area (Å²) in [6.45, 7) is 1.66. The molecular weight excluding hydrogens is 253 g/mol. The van der Waals surface area contributed by atoms with Gasteiger partial charge in [0.2, 0.25) is 0 Å². The van der Waals surface area contributed by atoms with Crippen molar-refractivity contribution in [2.45, 2.75) is 18.6 Å². The van der Waals surface area contributed by atoms with E-state index in [1.54, 1.807) is 31.3 Å². The van der Waals surface area contributed by atoms with E-state index in [0.717, 1.165) is 12.1 Å². The molecule has 0 unspecified atom stereocenters. The molecule has 0 saturated carbocycles. The molecule has 1 atom stereocenters. The summed E-state index contributed by atoms with van der Waals surface area (Å²) in [6, 6.07) is 7.12. The SMILES string of the molecule is C[C@@]1(C#N)C=C(c2cccc(C(F)(F)F)c2)C=CN1. The highest BCUT2D eigenvalue weighted by Crippen LogP contribution is 2.32. The first-order chi connectivity index (χ1) is 8.84. The normalized spacial score (nSPS) is 22.4. The molecule has 0 amide bonds. The van der Waals surface area contributed by atoms with E-state index in [-0.39, 0.29) is 0 Å². The number of nitriles is 1. The average molecular weight is 264 g/mol. The van der Waals surface area contributed by atoms with E-state index in [9.17, 15) is 13.2 Å². The lowest BCUT2D eigenvalue weighted by Gasteiger charge is -2.23. The number of hydrogen-bond acceptors (Lipinski definition) is 2. The van der Waals surface area contributed by atoms with Gasteiger partial charge in [-0.2, -0.15) is 18.4 Å². The van der Waals surface area contributed by atoms with Crippen LogP contribution in [-0.2, 0) is 6.18 Å². The van der Waals surface area contributed by atoms with Crippen molar-refractivity contribution in [2.75, 3.05) is 0 Å². The zero-order valence-corrected chi connectivity index (χ0v) is 10.1. The Morgan fingerprint density at radius 2 is 2.05 bits per heavy atom. The second kappa shape index (κ2) is 4.47. The Morgan fingerprint density at radius 1 is 1.32 bits per heavy atom. The van der Waals surface area contributed by atoms with Crippen LogP contribution in [0.4, 0.5) is 13.2 Å². The molecular formula is C14H11F3N2. The quantitative estimate of drug-likeness (QED) is 0.842. The lowest BCUT2D eigenvalue weighted by Crippen LogP contribution is -2.36. The Bertz CT molecular complexity index is 593. The Labute approximate surface area is 108 Å². The summed E-state index contributed by atoms with van der Waals surface area (Å²) in [7, 11) is 0. The number of nitrogens with zero attached hydrogens (tertiary/aromatic N) is 1. The Morgan fingerprint density at radius 3 is 2.68 bits per heavy atom. The summed E-state index contributed by atoms with van der Waals surface area (Å²) >= 11 is 0. The molecule has 0 aliphatic carbocycles. The van der Waals surface area contributed by atoms with Crippen molar-refractivity contribution in [1.82, 2.24) is 5.32 Å². The minimum atomic E-state index is -4.37. The van der Waals surface area contributed by atoms with Gasteiger partial charge in [-0.1, -0.05) is 12.1 Å². The fourth-order valence-corrected chi connectivity index (χ4v) is 1.82. The minimum absolute atomic E-state index is 0.439. The smallest absolute Gasteiger partial charge is 0.370 e. The van der Waals surface area contributed by atoms with Crippen molar-refractivity contribution in [1.29, 1.82) is 5.26 Å². The van der Waals surface area contributed by atoms with Gasteiger partial charge in [0.05, 0.1) is 11.6 Å². The molecule has 0 fully saturated rings. The van der Waals surface area contributed by atoms with Gasteiger partial charge < -0.3 is 5.32 Å². The van der Waals surface area contributed by atoms with Crippen LogP contribution in [0.3, 0.4) is 0 Å². The van der Waals surface area contributed by atoms with Crippen molar-refractivity contribution in [3.63, 3.8) is 0 Å². The van der Waals surface area contributed by atoms with E-state index in [4.69, 9.17) is 5.26 Å². The van der Waals surface area contributed by atoms with Crippen LogP contribution in [-0.4, -0.2) is 5.54 Å². The van der Waals surface area contributed by atoms with Crippen molar-refractivity contribution in [3.05, 3.63) is 53.7 Å². The second-order valence-corrected chi connectivity index (χ2v) is 4.47. The Hall–Kier alpha value is -2.22. The van der Waals surface area contributed by atoms with E-state index in [1.165, 1.54) is 6.07 Å². The molecule has 1 aromatic carbocycles. The third-order valence-corrected chi connectivity index (χ3v) is 2.85. The van der Waals surface area contributed by atoms with Crippen LogP contribution >= 0.6 is 0 Å². The van der Waals surface area contributed by atoms with Crippen molar-refractivity contribution >= 4 is 5.57 Å². The molecule has 0 radical (unpaired) electrons. The number of alkyl halides is 3. The van der Waals surface area contributed by atoms with Gasteiger partial charge in [0.1, 0.15) is 5.54 Å². The lowest BCUT2D eigenvalue weighted by molar-refractivity contribution is -0.137. The molecule has 1 aliphatic rings. The molecule has 0 spiro atoms. The maximum absolute atomic E-state index is 12.7. The Balaban J connectivity index is 2.44. The number of hydrogen-bond donors (Lipinski definition) is 1. The lowest BCUT2D eigenvalue weighted by atomic mass is 9.93. The first kappa shape index (κ1) is 13.2. The molecule has 1 aromatic rings. The van der Waals surface area contributed by atoms with Gasteiger partial charge in [0, 0.05) is 0 Å². The molecule has 2 rings (SSSR count). The van der Waals surface area contributed by atoms with Gasteiger partial charge >= 0.3 is 6.18 Å². The monoisotopic (exact) mass is 264 g/mol. The largest absolute Gasteiger partial charge is 0.416 e. The molecule has 98 valence electrons. The summed E-state index contributed by atoms with van der Waals surface area (Å²) in [4.78, 5) is 0. The van der Waals surface area contributed by atoms with E-state index in [2.05, 4.69) is 11.4 Å². The fourth-order valence-electron chi connectivity index (χ4n) is 1.82. The average Bonchev–Trinajstić information content (AvgIpc) is 2.38. The number of benzene rings is 1. The number of allylic oxidation sites excluding steroid dienone is 2. The van der Waals surface area contributed by atoms with Crippen molar-refractivity contribution in [3.8, 4) is 6.07 Å². The topological polar surface area (TPSA) is 35.8 Å². The maximum Gasteiger partial charge on any atom is 0.416 e. The summed E-state index contributed by atoms with van der Waals surface area (Å²) in [5, 5.41) is 11.9. The van der Waals surface area contributed by atoms with Gasteiger partial charge in [-0.3, -0.25) is 0 Å². The molecule has 0 aromatic heterocycles. The van der Waals surface area contributed by atoms with Crippen LogP contribution in [0.2, 0.25) is 0 Å². The van der Waals surface area contributed by atoms with Crippen LogP contribution < -0.4 is 5.32 Å². The summed E-state index contributed by atoms with van der Waals surface area (Å²) in [5.74, 6) is 0. The standard InChI is InChI=1S/C14H11F3N2/c1-13(9-18)8-11(5-6-19-13)10-3-2-4-12(7-10)14(15,16)17/h2-8,19H,1H3/t13-/m0/s1. The Kier molecular flexibility index (Phi) is 3.11. The number of halogens is 3. The molecule has 0 bridgehead atoms. The summed E-state index contributed by atoms with van der Waals surface area (Å²) in [5.41, 5.74) is -0.572. The first-order valence-corrected chi connectivity index (χ1v) is 5.60. The molecule has 1 N–H and O–H groups in total. The van der Waals surface area contributed by atoms with Crippen LogP contribution in [0.25, 0.3) is 5.57 Å². The highest BCUT2D eigenvalue weighted by Gasteiger charge is 2.31. The van der Waals surface area contributed by atoms with Crippen molar-refractivity contribution < 1.29 is 13.2 Å². The van der Waals surface area contributed by atoms with Gasteiger partial charge in [0.25, 0.3) is 0 Å². The van der Waals surface area contributed by atoms with Gasteiger partial charge in [-0.05, 0) is 48.5 Å². The highest BCUT2D eigenvalue weighted by atomic mass is 19.4. The highest BCUT2D eigenvalue weighted by molar-refractivity contribution is 5.77. The zero-order valence-electron chi connectivity index (χ0n) is 10.1. The van der Waals surface area contributed by atoms with Crippen LogP contribution in [0.5, 0.6) is 0 Å². The van der Waals surface area contributed by atoms with Crippen molar-refractivity contribution in [2.24, 2.45) is 0 Å². The van der Waals surface area contributed by atoms with E-state index in [0.29, 0.717) is 11.1 Å². The summed E-state index contributed by atoms with van der Waals surface area (Å²) < 4.78 is 38.0. The van der Waals surface area contributed by atoms with E-state index < -0.39 is 17.3 Å². The minimum Gasteiger partial charge on any atom is -0.370 e. The third kappa shape index (κ3) is 2.79. The maximum atomic E-state index is 12.7.